The summed E-state index contributed by atoms with van der Waals surface area (Å²) in [6.45, 7) is 0. The van der Waals surface area contributed by atoms with E-state index in [1.165, 1.54) is 29.7 Å². The molecule has 0 spiro atoms. The first-order valence-corrected chi connectivity index (χ1v) is 6.78. The van der Waals surface area contributed by atoms with E-state index in [4.69, 9.17) is 11.6 Å². The lowest BCUT2D eigenvalue weighted by atomic mass is 9.94. The molecular weight excluding hydrogens is 242 g/mol. The van der Waals surface area contributed by atoms with Crippen molar-refractivity contribution in [3.63, 3.8) is 0 Å². The van der Waals surface area contributed by atoms with Crippen molar-refractivity contribution in [3.05, 3.63) is 64.7 Å². The maximum atomic E-state index is 5.91. The number of anilines is 1. The van der Waals surface area contributed by atoms with Crippen LogP contribution < -0.4 is 5.32 Å². The van der Waals surface area contributed by atoms with Crippen molar-refractivity contribution in [3.8, 4) is 0 Å². The second-order valence-corrected chi connectivity index (χ2v) is 5.30. The van der Waals surface area contributed by atoms with Gasteiger partial charge in [-0.3, -0.25) is 0 Å². The lowest BCUT2D eigenvalue weighted by molar-refractivity contribution is 0.628. The number of hydrogen-bond donors (Lipinski definition) is 1. The lowest BCUT2D eigenvalue weighted by Crippen LogP contribution is -2.27. The molecule has 2 heteroatoms. The Balaban J connectivity index is 1.71. The number of para-hydroxylation sites is 1. The third-order valence-corrected chi connectivity index (χ3v) is 3.79. The molecule has 0 amide bonds. The Morgan fingerprint density at radius 1 is 1.06 bits per heavy atom. The molecule has 1 nitrogen and oxygen atoms in total. The van der Waals surface area contributed by atoms with E-state index in [0.29, 0.717) is 6.04 Å². The average Bonchev–Trinajstić information content (AvgIpc) is 2.41. The predicted octanol–water partition coefficient (Wildman–Crippen LogP) is 4.31. The van der Waals surface area contributed by atoms with Crippen LogP contribution in [0.1, 0.15) is 17.5 Å². The third-order valence-electron chi connectivity index (χ3n) is 3.53. The van der Waals surface area contributed by atoms with Crippen LogP contribution in [0.25, 0.3) is 0 Å². The second-order valence-electron chi connectivity index (χ2n) is 4.87. The number of aryl methyl sites for hydroxylation is 1. The Hall–Kier alpha value is -1.47. The Bertz CT molecular complexity index is 533. The smallest absolute Gasteiger partial charge is 0.0406 e. The molecule has 3 rings (SSSR count). The minimum absolute atomic E-state index is 0.529. The summed E-state index contributed by atoms with van der Waals surface area (Å²) in [6, 6.07) is 17.3. The predicted molar refractivity (Wildman–Crippen MR) is 77.3 cm³/mol. The molecule has 0 saturated heterocycles. The van der Waals surface area contributed by atoms with Crippen molar-refractivity contribution in [2.75, 3.05) is 5.32 Å². The highest BCUT2D eigenvalue weighted by molar-refractivity contribution is 6.30. The molecule has 1 atom stereocenters. The van der Waals surface area contributed by atoms with Crippen molar-refractivity contribution in [1.29, 1.82) is 0 Å². The minimum Gasteiger partial charge on any atom is -0.382 e. The molecule has 0 radical (unpaired) electrons. The highest BCUT2D eigenvalue weighted by Gasteiger charge is 2.17. The van der Waals surface area contributed by atoms with Gasteiger partial charge in [0.15, 0.2) is 0 Å². The standard InChI is InChI=1S/C16H16ClN/c17-14-8-5-12(6-9-14)11-15-10-7-13-3-1-2-4-16(13)18-15/h1-6,8-9,15,18H,7,10-11H2. The number of benzene rings is 2. The van der Waals surface area contributed by atoms with Crippen LogP contribution in [0.5, 0.6) is 0 Å². The summed E-state index contributed by atoms with van der Waals surface area (Å²) in [5.74, 6) is 0. The van der Waals surface area contributed by atoms with Crippen LogP contribution in [0.2, 0.25) is 5.02 Å². The van der Waals surface area contributed by atoms with Crippen LogP contribution >= 0.6 is 11.6 Å². The van der Waals surface area contributed by atoms with Gasteiger partial charge < -0.3 is 5.32 Å². The van der Waals surface area contributed by atoms with Crippen LogP contribution in [-0.2, 0) is 12.8 Å². The van der Waals surface area contributed by atoms with Crippen molar-refractivity contribution in [2.45, 2.75) is 25.3 Å². The average molecular weight is 258 g/mol. The number of fused-ring (bicyclic) bond motifs is 1. The molecule has 92 valence electrons. The number of hydrogen-bond acceptors (Lipinski definition) is 1. The zero-order valence-electron chi connectivity index (χ0n) is 10.2. The van der Waals surface area contributed by atoms with Crippen LogP contribution in [0.4, 0.5) is 5.69 Å². The first-order valence-electron chi connectivity index (χ1n) is 6.40. The fourth-order valence-electron chi connectivity index (χ4n) is 2.56. The van der Waals surface area contributed by atoms with Gasteiger partial charge in [-0.1, -0.05) is 41.9 Å². The van der Waals surface area contributed by atoms with Gasteiger partial charge in [0.05, 0.1) is 0 Å². The minimum atomic E-state index is 0.529. The highest BCUT2D eigenvalue weighted by atomic mass is 35.5. The largest absolute Gasteiger partial charge is 0.382 e. The zero-order chi connectivity index (χ0) is 12.4. The topological polar surface area (TPSA) is 12.0 Å². The molecule has 1 aliphatic rings. The van der Waals surface area contributed by atoms with Gasteiger partial charge in [0.2, 0.25) is 0 Å². The summed E-state index contributed by atoms with van der Waals surface area (Å²) in [4.78, 5) is 0. The van der Waals surface area contributed by atoms with Crippen molar-refractivity contribution >= 4 is 17.3 Å². The van der Waals surface area contributed by atoms with E-state index < -0.39 is 0 Å². The quantitative estimate of drug-likeness (QED) is 0.845. The van der Waals surface area contributed by atoms with Crippen molar-refractivity contribution in [2.24, 2.45) is 0 Å². The summed E-state index contributed by atoms with van der Waals surface area (Å²) in [5, 5.41) is 4.43. The van der Waals surface area contributed by atoms with Crippen LogP contribution in [0.15, 0.2) is 48.5 Å². The molecule has 18 heavy (non-hydrogen) atoms. The zero-order valence-corrected chi connectivity index (χ0v) is 11.0. The number of halogens is 1. The monoisotopic (exact) mass is 257 g/mol. The van der Waals surface area contributed by atoms with E-state index in [0.717, 1.165) is 11.4 Å². The van der Waals surface area contributed by atoms with E-state index >= 15 is 0 Å². The summed E-state index contributed by atoms with van der Waals surface area (Å²) < 4.78 is 0. The van der Waals surface area contributed by atoms with Gasteiger partial charge in [-0.2, -0.15) is 0 Å². The van der Waals surface area contributed by atoms with E-state index in [1.807, 2.05) is 12.1 Å². The summed E-state index contributed by atoms with van der Waals surface area (Å²) in [6.07, 6.45) is 3.42. The maximum absolute atomic E-state index is 5.91. The normalized spacial score (nSPS) is 17.9. The third kappa shape index (κ3) is 2.51. The van der Waals surface area contributed by atoms with Crippen LogP contribution in [-0.4, -0.2) is 6.04 Å². The van der Waals surface area contributed by atoms with E-state index in [-0.39, 0.29) is 0 Å². The Kier molecular flexibility index (Phi) is 3.24. The van der Waals surface area contributed by atoms with Gasteiger partial charge in [0, 0.05) is 16.8 Å². The van der Waals surface area contributed by atoms with Gasteiger partial charge in [-0.25, -0.2) is 0 Å². The van der Waals surface area contributed by atoms with Crippen LogP contribution in [0.3, 0.4) is 0 Å². The summed E-state index contributed by atoms with van der Waals surface area (Å²) in [5.41, 5.74) is 4.07. The Labute approximate surface area is 113 Å². The molecule has 2 aromatic carbocycles. The first-order chi connectivity index (χ1) is 8.81. The molecule has 1 aliphatic heterocycles. The molecule has 1 N–H and O–H groups in total. The molecule has 2 aromatic rings. The van der Waals surface area contributed by atoms with Gasteiger partial charge in [-0.05, 0) is 48.6 Å². The molecule has 0 aliphatic carbocycles. The lowest BCUT2D eigenvalue weighted by Gasteiger charge is -2.27. The summed E-state index contributed by atoms with van der Waals surface area (Å²) >= 11 is 5.91. The van der Waals surface area contributed by atoms with Crippen LogP contribution in [0, 0.1) is 0 Å². The SMILES string of the molecule is Clc1ccc(CC2CCc3ccccc3N2)cc1. The number of nitrogens with one attached hydrogen (secondary N) is 1. The van der Waals surface area contributed by atoms with Crippen molar-refractivity contribution < 1.29 is 0 Å². The van der Waals surface area contributed by atoms with E-state index in [9.17, 15) is 0 Å². The van der Waals surface area contributed by atoms with Gasteiger partial charge in [-0.15, -0.1) is 0 Å². The molecule has 0 aromatic heterocycles. The molecule has 0 bridgehead atoms. The molecular formula is C16H16ClN. The molecule has 0 fully saturated rings. The molecule has 1 heterocycles. The maximum Gasteiger partial charge on any atom is 0.0406 e. The Morgan fingerprint density at radius 2 is 1.83 bits per heavy atom. The van der Waals surface area contributed by atoms with E-state index in [1.54, 1.807) is 0 Å². The van der Waals surface area contributed by atoms with Gasteiger partial charge in [0.25, 0.3) is 0 Å². The molecule has 0 saturated carbocycles. The number of rotatable bonds is 2. The Morgan fingerprint density at radius 3 is 2.67 bits per heavy atom. The fourth-order valence-corrected chi connectivity index (χ4v) is 2.69. The van der Waals surface area contributed by atoms with E-state index in [2.05, 4.69) is 41.7 Å². The van der Waals surface area contributed by atoms with Gasteiger partial charge >= 0.3 is 0 Å². The highest BCUT2D eigenvalue weighted by Crippen LogP contribution is 2.26. The summed E-state index contributed by atoms with van der Waals surface area (Å²) in [7, 11) is 0. The first kappa shape index (κ1) is 11.6. The van der Waals surface area contributed by atoms with Gasteiger partial charge in [0.1, 0.15) is 0 Å². The molecule has 1 unspecified atom stereocenters. The second kappa shape index (κ2) is 5.03. The fraction of sp³-hybridized carbons (Fsp3) is 0.250. The van der Waals surface area contributed by atoms with Crippen molar-refractivity contribution in [1.82, 2.24) is 0 Å².